The zero-order valence-corrected chi connectivity index (χ0v) is 14.4. The van der Waals surface area contributed by atoms with Gasteiger partial charge < -0.3 is 14.7 Å². The number of hydrogen-bond acceptors (Lipinski definition) is 4. The molecule has 3 heterocycles. The standard InChI is InChI=1S/C12H13N3O2.C7H7FO/c16-12(17)10-8-13-15-6-3-9(7-11(10)15)14-4-1-2-5-14;1-9-7-4-2-6(8)3-5-7/h3,6-8H,1-2,4-5H2,(H,16,17);2-5H,1H3. The van der Waals surface area contributed by atoms with Crippen LogP contribution in [0.15, 0.2) is 48.8 Å². The highest BCUT2D eigenvalue weighted by Crippen LogP contribution is 2.23. The average Bonchev–Trinajstić information content (AvgIpc) is 3.32. The van der Waals surface area contributed by atoms with Crippen molar-refractivity contribution in [2.45, 2.75) is 12.8 Å². The molecule has 2 aromatic heterocycles. The quantitative estimate of drug-likeness (QED) is 0.777. The van der Waals surface area contributed by atoms with E-state index in [1.54, 1.807) is 23.8 Å². The summed E-state index contributed by atoms with van der Waals surface area (Å²) in [7, 11) is 1.55. The summed E-state index contributed by atoms with van der Waals surface area (Å²) < 4.78 is 18.6. The van der Waals surface area contributed by atoms with Crippen LogP contribution in [0.1, 0.15) is 23.2 Å². The lowest BCUT2D eigenvalue weighted by atomic mass is 10.2. The maximum atomic E-state index is 12.2. The largest absolute Gasteiger partial charge is 0.497 e. The molecule has 6 nitrogen and oxygen atoms in total. The molecular weight excluding hydrogens is 337 g/mol. The van der Waals surface area contributed by atoms with Gasteiger partial charge in [-0.2, -0.15) is 5.10 Å². The van der Waals surface area contributed by atoms with Crippen LogP contribution in [-0.4, -0.2) is 40.9 Å². The molecule has 1 aliphatic heterocycles. The third-order valence-electron chi connectivity index (χ3n) is 4.26. The highest BCUT2D eigenvalue weighted by Gasteiger charge is 2.15. The Morgan fingerprint density at radius 2 is 1.88 bits per heavy atom. The number of aromatic carboxylic acids is 1. The second kappa shape index (κ2) is 7.86. The van der Waals surface area contributed by atoms with Crippen molar-refractivity contribution < 1.29 is 19.0 Å². The number of nitrogens with zero attached hydrogens (tertiary/aromatic N) is 3. The molecule has 0 aliphatic carbocycles. The highest BCUT2D eigenvalue weighted by atomic mass is 19.1. The normalized spacial score (nSPS) is 13.4. The van der Waals surface area contributed by atoms with E-state index in [1.807, 2.05) is 18.3 Å². The van der Waals surface area contributed by atoms with Crippen LogP contribution in [0.2, 0.25) is 0 Å². The number of aromatic nitrogens is 2. The van der Waals surface area contributed by atoms with Crippen molar-refractivity contribution >= 4 is 17.2 Å². The van der Waals surface area contributed by atoms with Gasteiger partial charge in [0.15, 0.2) is 0 Å². The van der Waals surface area contributed by atoms with Gasteiger partial charge in [-0.25, -0.2) is 13.7 Å². The van der Waals surface area contributed by atoms with Gasteiger partial charge in [-0.3, -0.25) is 0 Å². The van der Waals surface area contributed by atoms with Crippen molar-refractivity contribution in [3.05, 3.63) is 60.2 Å². The molecule has 0 bridgehead atoms. The molecule has 0 spiro atoms. The Kier molecular flexibility index (Phi) is 5.36. The smallest absolute Gasteiger partial charge is 0.339 e. The van der Waals surface area contributed by atoms with E-state index in [4.69, 9.17) is 9.84 Å². The zero-order valence-electron chi connectivity index (χ0n) is 14.4. The Morgan fingerprint density at radius 3 is 2.50 bits per heavy atom. The summed E-state index contributed by atoms with van der Waals surface area (Å²) in [6.07, 6.45) is 5.62. The Hall–Kier alpha value is -3.09. The predicted octanol–water partition coefficient (Wildman–Crippen LogP) is 3.47. The summed E-state index contributed by atoms with van der Waals surface area (Å²) in [5, 5.41) is 13.1. The van der Waals surface area contributed by atoms with Crippen LogP contribution in [0.3, 0.4) is 0 Å². The molecule has 0 unspecified atom stereocenters. The molecule has 0 atom stereocenters. The molecule has 1 aromatic carbocycles. The number of fused-ring (bicyclic) bond motifs is 1. The van der Waals surface area contributed by atoms with Crippen molar-refractivity contribution in [3.8, 4) is 5.75 Å². The molecule has 0 radical (unpaired) electrons. The molecule has 4 rings (SSSR count). The van der Waals surface area contributed by atoms with E-state index in [-0.39, 0.29) is 11.4 Å². The van der Waals surface area contributed by atoms with Gasteiger partial charge in [0, 0.05) is 25.0 Å². The molecule has 0 saturated carbocycles. The lowest BCUT2D eigenvalue weighted by molar-refractivity contribution is 0.0699. The van der Waals surface area contributed by atoms with Gasteiger partial charge in [0.25, 0.3) is 0 Å². The van der Waals surface area contributed by atoms with Crippen LogP contribution in [0, 0.1) is 5.82 Å². The lowest BCUT2D eigenvalue weighted by Gasteiger charge is -2.17. The van der Waals surface area contributed by atoms with Gasteiger partial charge >= 0.3 is 5.97 Å². The van der Waals surface area contributed by atoms with E-state index in [1.165, 1.54) is 31.2 Å². The molecule has 136 valence electrons. The third-order valence-corrected chi connectivity index (χ3v) is 4.26. The number of rotatable bonds is 3. The molecule has 7 heteroatoms. The topological polar surface area (TPSA) is 67.1 Å². The molecule has 3 aromatic rings. The number of carboxylic acid groups (broad SMARTS) is 1. The Morgan fingerprint density at radius 1 is 1.19 bits per heavy atom. The van der Waals surface area contributed by atoms with Crippen molar-refractivity contribution in [2.24, 2.45) is 0 Å². The van der Waals surface area contributed by atoms with Gasteiger partial charge in [-0.05, 0) is 49.2 Å². The first-order valence-electron chi connectivity index (χ1n) is 8.33. The fourth-order valence-corrected chi connectivity index (χ4v) is 2.88. The van der Waals surface area contributed by atoms with Gasteiger partial charge in [0.2, 0.25) is 0 Å². The number of pyridine rings is 1. The van der Waals surface area contributed by atoms with Gasteiger partial charge in [0.05, 0.1) is 18.8 Å². The van der Waals surface area contributed by atoms with Crippen LogP contribution in [0.4, 0.5) is 10.1 Å². The van der Waals surface area contributed by atoms with Crippen molar-refractivity contribution in [1.82, 2.24) is 9.61 Å². The van der Waals surface area contributed by atoms with E-state index in [0.717, 1.165) is 18.8 Å². The molecular formula is C19H20FN3O3. The first-order chi connectivity index (χ1) is 12.6. The number of carbonyl (C=O) groups is 1. The Balaban J connectivity index is 0.000000185. The van der Waals surface area contributed by atoms with Crippen LogP contribution in [0.5, 0.6) is 5.75 Å². The van der Waals surface area contributed by atoms with Gasteiger partial charge in [-0.1, -0.05) is 0 Å². The highest BCUT2D eigenvalue weighted by molar-refractivity contribution is 5.95. The van der Waals surface area contributed by atoms with E-state index in [2.05, 4.69) is 10.00 Å². The lowest BCUT2D eigenvalue weighted by Crippen LogP contribution is -2.17. The fraction of sp³-hybridized carbons (Fsp3) is 0.263. The Labute approximate surface area is 150 Å². The number of halogens is 1. The van der Waals surface area contributed by atoms with Crippen LogP contribution >= 0.6 is 0 Å². The summed E-state index contributed by atoms with van der Waals surface area (Å²) in [6, 6.07) is 9.76. The maximum absolute atomic E-state index is 12.2. The minimum atomic E-state index is -0.932. The monoisotopic (exact) mass is 357 g/mol. The molecule has 26 heavy (non-hydrogen) atoms. The molecule has 1 aliphatic rings. The molecule has 1 fully saturated rings. The number of carboxylic acids is 1. The summed E-state index contributed by atoms with van der Waals surface area (Å²) in [4.78, 5) is 13.3. The number of anilines is 1. The van der Waals surface area contributed by atoms with Crippen molar-refractivity contribution in [3.63, 3.8) is 0 Å². The predicted molar refractivity (Wildman–Crippen MR) is 96.6 cm³/mol. The van der Waals surface area contributed by atoms with E-state index in [0.29, 0.717) is 11.3 Å². The van der Waals surface area contributed by atoms with Gasteiger partial charge in [0.1, 0.15) is 17.1 Å². The van der Waals surface area contributed by atoms with Crippen LogP contribution in [-0.2, 0) is 0 Å². The second-order valence-corrected chi connectivity index (χ2v) is 5.93. The summed E-state index contributed by atoms with van der Waals surface area (Å²) in [6.45, 7) is 2.10. The summed E-state index contributed by atoms with van der Waals surface area (Å²) in [5.74, 6) is -0.495. The minimum Gasteiger partial charge on any atom is -0.497 e. The summed E-state index contributed by atoms with van der Waals surface area (Å²) >= 11 is 0. The number of benzene rings is 1. The van der Waals surface area contributed by atoms with Crippen molar-refractivity contribution in [2.75, 3.05) is 25.1 Å². The zero-order chi connectivity index (χ0) is 18.5. The number of ether oxygens (including phenoxy) is 1. The first-order valence-corrected chi connectivity index (χ1v) is 8.33. The summed E-state index contributed by atoms with van der Waals surface area (Å²) in [5.41, 5.74) is 1.99. The van der Waals surface area contributed by atoms with Crippen molar-refractivity contribution in [1.29, 1.82) is 0 Å². The SMILES string of the molecule is COc1ccc(F)cc1.O=C(O)c1cnn2ccc(N3CCCC3)cc12. The number of methoxy groups -OCH3 is 1. The van der Waals surface area contributed by atoms with E-state index >= 15 is 0 Å². The molecule has 1 N–H and O–H groups in total. The average molecular weight is 357 g/mol. The van der Waals surface area contributed by atoms with Gasteiger partial charge in [-0.15, -0.1) is 0 Å². The molecule has 1 saturated heterocycles. The fourth-order valence-electron chi connectivity index (χ4n) is 2.88. The second-order valence-electron chi connectivity index (χ2n) is 5.93. The van der Waals surface area contributed by atoms with Crippen LogP contribution < -0.4 is 9.64 Å². The minimum absolute atomic E-state index is 0.240. The maximum Gasteiger partial charge on any atom is 0.339 e. The van der Waals surface area contributed by atoms with E-state index in [9.17, 15) is 9.18 Å². The third kappa shape index (κ3) is 3.93. The van der Waals surface area contributed by atoms with E-state index < -0.39 is 5.97 Å². The molecule has 0 amide bonds. The Bertz CT molecular complexity index is 887. The first kappa shape index (κ1) is 17.7. The van der Waals surface area contributed by atoms with Crippen LogP contribution in [0.25, 0.3) is 5.52 Å². The number of hydrogen-bond donors (Lipinski definition) is 1.